The number of rotatable bonds is 3. The van der Waals surface area contributed by atoms with Crippen molar-refractivity contribution in [3.63, 3.8) is 0 Å². The van der Waals surface area contributed by atoms with Crippen molar-refractivity contribution in [1.82, 2.24) is 0 Å². The van der Waals surface area contributed by atoms with Gasteiger partial charge in [0.25, 0.3) is 0 Å². The number of fused-ring (bicyclic) bond motifs is 6. The van der Waals surface area contributed by atoms with Crippen LogP contribution in [0.3, 0.4) is 0 Å². The van der Waals surface area contributed by atoms with E-state index in [1.54, 1.807) is 0 Å². The van der Waals surface area contributed by atoms with Gasteiger partial charge >= 0.3 is 0 Å². The minimum absolute atomic E-state index is 1.23. The first kappa shape index (κ1) is 30.9. The van der Waals surface area contributed by atoms with Crippen LogP contribution < -0.4 is 0 Å². The summed E-state index contributed by atoms with van der Waals surface area (Å²) in [4.78, 5) is 0. The molecule has 0 atom stereocenters. The third-order valence-electron chi connectivity index (χ3n) is 9.23. The molecule has 0 amide bonds. The van der Waals surface area contributed by atoms with Gasteiger partial charge in [-0.3, -0.25) is 0 Å². The van der Waals surface area contributed by atoms with Crippen molar-refractivity contribution in [2.45, 2.75) is 27.7 Å². The lowest BCUT2D eigenvalue weighted by Crippen LogP contribution is -1.92. The van der Waals surface area contributed by atoms with E-state index in [-0.39, 0.29) is 0 Å². The summed E-state index contributed by atoms with van der Waals surface area (Å²) in [5.41, 5.74) is 7.57. The minimum atomic E-state index is 1.23. The maximum atomic E-state index is 2.39. The predicted octanol–water partition coefficient (Wildman–Crippen LogP) is 14.5. The molecule has 48 heavy (non-hydrogen) atoms. The van der Waals surface area contributed by atoms with E-state index in [1.165, 1.54) is 87.2 Å². The molecule has 0 heteroatoms. The third-order valence-corrected chi connectivity index (χ3v) is 9.23. The first-order valence-corrected chi connectivity index (χ1v) is 17.3. The number of benzene rings is 9. The molecule has 0 radical (unpaired) electrons. The molecule has 0 saturated heterocycles. The fraction of sp³-hybridized carbons (Fsp3) is 0.0833. The Morgan fingerprint density at radius 2 is 0.667 bits per heavy atom. The summed E-state index contributed by atoms with van der Waals surface area (Å²) in [6, 6.07) is 62.3. The van der Waals surface area contributed by atoms with Gasteiger partial charge in [0.05, 0.1) is 0 Å². The van der Waals surface area contributed by atoms with E-state index in [0.717, 1.165) is 0 Å². The highest BCUT2D eigenvalue weighted by Gasteiger charge is 2.18. The standard InChI is InChI=1S/C44H28.2C2H6/c1-2-12-32-27-33(26-23-29(32)11-1)30-21-24-31(25-22-30)43-38-17-7-9-19-40(38)44(41-20-10-8-18-39(41)43)42-28-34-13-3-4-14-35(34)36-15-5-6-16-37(36)42;2*1-2/h1-28H;2*1-2H3. The second-order valence-electron chi connectivity index (χ2n) is 11.7. The Labute approximate surface area is 283 Å². The van der Waals surface area contributed by atoms with E-state index < -0.39 is 0 Å². The molecule has 0 bridgehead atoms. The lowest BCUT2D eigenvalue weighted by Gasteiger charge is -2.19. The zero-order valence-electron chi connectivity index (χ0n) is 28.2. The molecular formula is C48H40. The second kappa shape index (κ2) is 13.6. The lowest BCUT2D eigenvalue weighted by atomic mass is 9.83. The summed E-state index contributed by atoms with van der Waals surface area (Å²) in [6.45, 7) is 8.00. The molecule has 0 nitrogen and oxygen atoms in total. The maximum absolute atomic E-state index is 2.39. The Bertz CT molecular complexity index is 2480. The summed E-state index contributed by atoms with van der Waals surface area (Å²) in [7, 11) is 0. The quantitative estimate of drug-likeness (QED) is 0.137. The lowest BCUT2D eigenvalue weighted by molar-refractivity contribution is 1.50. The van der Waals surface area contributed by atoms with Crippen molar-refractivity contribution < 1.29 is 0 Å². The van der Waals surface area contributed by atoms with Crippen molar-refractivity contribution in [1.29, 1.82) is 0 Å². The van der Waals surface area contributed by atoms with Gasteiger partial charge in [-0.2, -0.15) is 0 Å². The van der Waals surface area contributed by atoms with Gasteiger partial charge in [0.15, 0.2) is 0 Å². The third kappa shape index (κ3) is 5.30. The van der Waals surface area contributed by atoms with Crippen LogP contribution in [0.1, 0.15) is 27.7 Å². The van der Waals surface area contributed by atoms with Gasteiger partial charge in [0.2, 0.25) is 0 Å². The van der Waals surface area contributed by atoms with Crippen LogP contribution in [0.25, 0.3) is 87.2 Å². The molecule has 232 valence electrons. The van der Waals surface area contributed by atoms with E-state index in [2.05, 4.69) is 170 Å². The van der Waals surface area contributed by atoms with Crippen LogP contribution in [0, 0.1) is 0 Å². The molecule has 0 fully saturated rings. The highest BCUT2D eigenvalue weighted by Crippen LogP contribution is 2.46. The largest absolute Gasteiger partial charge is 0.0683 e. The van der Waals surface area contributed by atoms with Crippen LogP contribution in [-0.2, 0) is 0 Å². The Balaban J connectivity index is 0.000000880. The van der Waals surface area contributed by atoms with Crippen molar-refractivity contribution >= 4 is 53.9 Å². The van der Waals surface area contributed by atoms with Crippen LogP contribution in [0.4, 0.5) is 0 Å². The summed E-state index contributed by atoms with van der Waals surface area (Å²) < 4.78 is 0. The fourth-order valence-electron chi connectivity index (χ4n) is 7.19. The highest BCUT2D eigenvalue weighted by molar-refractivity contribution is 6.25. The van der Waals surface area contributed by atoms with Crippen molar-refractivity contribution in [3.05, 3.63) is 170 Å². The summed E-state index contributed by atoms with van der Waals surface area (Å²) >= 11 is 0. The van der Waals surface area contributed by atoms with Crippen LogP contribution >= 0.6 is 0 Å². The van der Waals surface area contributed by atoms with Gasteiger partial charge in [-0.25, -0.2) is 0 Å². The smallest absolute Gasteiger partial charge is 0.00199 e. The van der Waals surface area contributed by atoms with Crippen molar-refractivity contribution in [2.24, 2.45) is 0 Å². The zero-order valence-corrected chi connectivity index (χ0v) is 28.2. The van der Waals surface area contributed by atoms with E-state index in [1.807, 2.05) is 27.7 Å². The predicted molar refractivity (Wildman–Crippen MR) is 213 cm³/mol. The number of hydrogen-bond acceptors (Lipinski definition) is 0. The van der Waals surface area contributed by atoms with Crippen LogP contribution in [-0.4, -0.2) is 0 Å². The molecule has 9 aromatic rings. The van der Waals surface area contributed by atoms with Crippen LogP contribution in [0.15, 0.2) is 170 Å². The molecule has 9 rings (SSSR count). The van der Waals surface area contributed by atoms with Crippen LogP contribution in [0.5, 0.6) is 0 Å². The molecule has 0 spiro atoms. The molecule has 9 aromatic carbocycles. The monoisotopic (exact) mass is 616 g/mol. The molecule has 0 aliphatic rings. The first-order valence-electron chi connectivity index (χ1n) is 17.3. The first-order chi connectivity index (χ1) is 23.8. The summed E-state index contributed by atoms with van der Waals surface area (Å²) in [5, 5.41) is 12.8. The average Bonchev–Trinajstić information content (AvgIpc) is 3.18. The fourth-order valence-corrected chi connectivity index (χ4v) is 7.19. The van der Waals surface area contributed by atoms with Gasteiger partial charge in [0, 0.05) is 0 Å². The molecule has 0 saturated carbocycles. The topological polar surface area (TPSA) is 0 Å². The highest BCUT2D eigenvalue weighted by atomic mass is 14.2. The molecule has 0 N–H and O–H groups in total. The van der Waals surface area contributed by atoms with Gasteiger partial charge in [0.1, 0.15) is 0 Å². The van der Waals surface area contributed by atoms with Gasteiger partial charge in [-0.05, 0) is 99.4 Å². The normalized spacial score (nSPS) is 10.9. The summed E-state index contributed by atoms with van der Waals surface area (Å²) in [5.74, 6) is 0. The van der Waals surface area contributed by atoms with Crippen molar-refractivity contribution in [2.75, 3.05) is 0 Å². The van der Waals surface area contributed by atoms with E-state index in [9.17, 15) is 0 Å². The molecule has 0 aliphatic carbocycles. The van der Waals surface area contributed by atoms with Gasteiger partial charge < -0.3 is 0 Å². The average molecular weight is 617 g/mol. The second-order valence-corrected chi connectivity index (χ2v) is 11.7. The molecular weight excluding hydrogens is 577 g/mol. The molecule has 0 aliphatic heterocycles. The van der Waals surface area contributed by atoms with E-state index in [4.69, 9.17) is 0 Å². The zero-order chi connectivity index (χ0) is 33.0. The van der Waals surface area contributed by atoms with Crippen LogP contribution in [0.2, 0.25) is 0 Å². The summed E-state index contributed by atoms with van der Waals surface area (Å²) in [6.07, 6.45) is 0. The van der Waals surface area contributed by atoms with Gasteiger partial charge in [-0.15, -0.1) is 0 Å². The van der Waals surface area contributed by atoms with Gasteiger partial charge in [-0.1, -0.05) is 185 Å². The van der Waals surface area contributed by atoms with E-state index >= 15 is 0 Å². The Morgan fingerprint density at radius 3 is 1.27 bits per heavy atom. The SMILES string of the molecule is CC.CC.c1ccc2cc(-c3ccc(-c4c5ccccc5c(-c5cc6ccccc6c6ccccc56)c5ccccc45)cc3)ccc2c1. The van der Waals surface area contributed by atoms with Crippen molar-refractivity contribution in [3.8, 4) is 33.4 Å². The molecule has 0 unspecified atom stereocenters. The molecule has 0 aromatic heterocycles. The minimum Gasteiger partial charge on any atom is -0.0683 e. The van der Waals surface area contributed by atoms with E-state index in [0.29, 0.717) is 0 Å². The Hall–Kier alpha value is -5.72. The Kier molecular flexibility index (Phi) is 8.73. The maximum Gasteiger partial charge on any atom is -0.00199 e. The number of hydrogen-bond donors (Lipinski definition) is 0. The molecule has 0 heterocycles. The Morgan fingerprint density at radius 1 is 0.250 bits per heavy atom.